The van der Waals surface area contributed by atoms with Crippen molar-refractivity contribution in [3.8, 4) is 17.4 Å². The molecule has 0 saturated heterocycles. The molecular formula is C12H17N5O2. The van der Waals surface area contributed by atoms with Gasteiger partial charge in [-0.15, -0.1) is 10.2 Å². The third-order valence-corrected chi connectivity index (χ3v) is 3.25. The van der Waals surface area contributed by atoms with Crippen LogP contribution in [0.2, 0.25) is 0 Å². The zero-order valence-electron chi connectivity index (χ0n) is 11.3. The van der Waals surface area contributed by atoms with Gasteiger partial charge >= 0.3 is 0 Å². The van der Waals surface area contributed by atoms with Crippen LogP contribution in [0.4, 0.5) is 0 Å². The van der Waals surface area contributed by atoms with Gasteiger partial charge in [-0.3, -0.25) is 0 Å². The van der Waals surface area contributed by atoms with E-state index in [4.69, 9.17) is 15.0 Å². The van der Waals surface area contributed by atoms with Gasteiger partial charge < -0.3 is 15.0 Å². The highest BCUT2D eigenvalue weighted by Gasteiger charge is 2.30. The molecule has 0 saturated carbocycles. The SMILES string of the molecule is CCC(C)(CN)c1nc(-c2ccc(OC)nn2)no1. The van der Waals surface area contributed by atoms with E-state index in [2.05, 4.69) is 20.3 Å². The highest BCUT2D eigenvalue weighted by atomic mass is 16.5. The molecule has 102 valence electrons. The normalized spacial score (nSPS) is 14.1. The minimum absolute atomic E-state index is 0.314. The quantitative estimate of drug-likeness (QED) is 0.863. The molecule has 2 aromatic rings. The first-order valence-corrected chi connectivity index (χ1v) is 6.05. The van der Waals surface area contributed by atoms with Gasteiger partial charge in [0.2, 0.25) is 17.6 Å². The van der Waals surface area contributed by atoms with Gasteiger partial charge in [0.1, 0.15) is 5.69 Å². The standard InChI is InChI=1S/C12H17N5O2/c1-4-12(2,7-13)11-14-10(17-19-11)8-5-6-9(18-3)16-15-8/h5-6H,4,7,13H2,1-3H3. The minimum atomic E-state index is -0.314. The van der Waals surface area contributed by atoms with Gasteiger partial charge in [0.25, 0.3) is 0 Å². The molecule has 0 aliphatic heterocycles. The van der Waals surface area contributed by atoms with Crippen molar-refractivity contribution in [2.75, 3.05) is 13.7 Å². The molecule has 7 heteroatoms. The monoisotopic (exact) mass is 263 g/mol. The van der Waals surface area contributed by atoms with E-state index in [0.29, 0.717) is 29.8 Å². The second-order valence-corrected chi connectivity index (χ2v) is 4.50. The first kappa shape index (κ1) is 13.4. The van der Waals surface area contributed by atoms with E-state index in [1.807, 2.05) is 13.8 Å². The number of nitrogens with two attached hydrogens (primary N) is 1. The molecule has 0 bridgehead atoms. The summed E-state index contributed by atoms with van der Waals surface area (Å²) in [5.41, 5.74) is 5.98. The Morgan fingerprint density at radius 1 is 1.37 bits per heavy atom. The van der Waals surface area contributed by atoms with Gasteiger partial charge in [-0.25, -0.2) is 0 Å². The summed E-state index contributed by atoms with van der Waals surface area (Å²) in [7, 11) is 1.53. The van der Waals surface area contributed by atoms with Crippen LogP contribution in [0.3, 0.4) is 0 Å². The van der Waals surface area contributed by atoms with Crippen molar-refractivity contribution in [2.24, 2.45) is 5.73 Å². The molecule has 0 aromatic carbocycles. The molecule has 2 aromatic heterocycles. The maximum Gasteiger partial charge on any atom is 0.234 e. The average molecular weight is 263 g/mol. The molecule has 0 fully saturated rings. The van der Waals surface area contributed by atoms with Crippen molar-refractivity contribution < 1.29 is 9.26 Å². The van der Waals surface area contributed by atoms with Crippen LogP contribution in [0.1, 0.15) is 26.2 Å². The van der Waals surface area contributed by atoms with E-state index < -0.39 is 0 Å². The Labute approximate surface area is 111 Å². The third-order valence-electron chi connectivity index (χ3n) is 3.25. The molecular weight excluding hydrogens is 246 g/mol. The highest BCUT2D eigenvalue weighted by molar-refractivity contribution is 5.47. The van der Waals surface area contributed by atoms with E-state index in [-0.39, 0.29) is 5.41 Å². The van der Waals surface area contributed by atoms with Crippen molar-refractivity contribution in [1.82, 2.24) is 20.3 Å². The van der Waals surface area contributed by atoms with Crippen LogP contribution >= 0.6 is 0 Å². The van der Waals surface area contributed by atoms with Crippen LogP contribution < -0.4 is 10.5 Å². The number of ether oxygens (including phenoxy) is 1. The molecule has 7 nitrogen and oxygen atoms in total. The first-order valence-electron chi connectivity index (χ1n) is 6.05. The van der Waals surface area contributed by atoms with E-state index in [0.717, 1.165) is 6.42 Å². The Hall–Kier alpha value is -2.02. The number of hydrogen-bond donors (Lipinski definition) is 1. The van der Waals surface area contributed by atoms with Crippen LogP contribution in [0.15, 0.2) is 16.7 Å². The number of rotatable bonds is 5. The lowest BCUT2D eigenvalue weighted by atomic mass is 9.88. The Balaban J connectivity index is 2.29. The van der Waals surface area contributed by atoms with E-state index in [1.54, 1.807) is 12.1 Å². The fraction of sp³-hybridized carbons (Fsp3) is 0.500. The number of aromatic nitrogens is 4. The van der Waals surface area contributed by atoms with Crippen LogP contribution in [-0.2, 0) is 5.41 Å². The second kappa shape index (κ2) is 5.31. The summed E-state index contributed by atoms with van der Waals surface area (Å²) in [6.07, 6.45) is 0.819. The predicted molar refractivity (Wildman–Crippen MR) is 68.6 cm³/mol. The number of nitrogens with zero attached hydrogens (tertiary/aromatic N) is 4. The van der Waals surface area contributed by atoms with E-state index >= 15 is 0 Å². The summed E-state index contributed by atoms with van der Waals surface area (Å²) in [6, 6.07) is 3.42. The lowest BCUT2D eigenvalue weighted by Gasteiger charge is -2.20. The molecule has 1 atom stereocenters. The molecule has 2 rings (SSSR count). The summed E-state index contributed by atoms with van der Waals surface area (Å²) >= 11 is 0. The van der Waals surface area contributed by atoms with Crippen LogP contribution in [0.5, 0.6) is 5.88 Å². The average Bonchev–Trinajstić information content (AvgIpc) is 2.97. The Morgan fingerprint density at radius 2 is 2.16 bits per heavy atom. The summed E-state index contributed by atoms with van der Waals surface area (Å²) in [5, 5.41) is 11.8. The van der Waals surface area contributed by atoms with Crippen LogP contribution in [0.25, 0.3) is 11.5 Å². The van der Waals surface area contributed by atoms with Gasteiger partial charge in [0.05, 0.1) is 12.5 Å². The molecule has 0 radical (unpaired) electrons. The third kappa shape index (κ3) is 2.55. The topological polar surface area (TPSA) is 100.0 Å². The highest BCUT2D eigenvalue weighted by Crippen LogP contribution is 2.26. The lowest BCUT2D eigenvalue weighted by molar-refractivity contribution is 0.291. The Kier molecular flexibility index (Phi) is 3.75. The van der Waals surface area contributed by atoms with Crippen molar-refractivity contribution in [3.05, 3.63) is 18.0 Å². The summed E-state index contributed by atoms with van der Waals surface area (Å²) in [6.45, 7) is 4.47. The van der Waals surface area contributed by atoms with Gasteiger partial charge in [-0.05, 0) is 19.4 Å². The fourth-order valence-corrected chi connectivity index (χ4v) is 1.50. The maximum absolute atomic E-state index is 5.76. The van der Waals surface area contributed by atoms with Crippen LogP contribution in [0, 0.1) is 0 Å². The van der Waals surface area contributed by atoms with Gasteiger partial charge in [0.15, 0.2) is 0 Å². The predicted octanol–water partition coefficient (Wildman–Crippen LogP) is 1.16. The van der Waals surface area contributed by atoms with Gasteiger partial charge in [-0.2, -0.15) is 4.98 Å². The molecule has 2 heterocycles. The van der Waals surface area contributed by atoms with Crippen molar-refractivity contribution in [1.29, 1.82) is 0 Å². The van der Waals surface area contributed by atoms with Crippen molar-refractivity contribution in [3.63, 3.8) is 0 Å². The molecule has 2 N–H and O–H groups in total. The lowest BCUT2D eigenvalue weighted by Crippen LogP contribution is -2.31. The summed E-state index contributed by atoms with van der Waals surface area (Å²) in [5.74, 6) is 1.36. The van der Waals surface area contributed by atoms with E-state index in [9.17, 15) is 0 Å². The summed E-state index contributed by atoms with van der Waals surface area (Å²) in [4.78, 5) is 4.35. The maximum atomic E-state index is 5.76. The molecule has 1 unspecified atom stereocenters. The molecule has 0 amide bonds. The van der Waals surface area contributed by atoms with Crippen molar-refractivity contribution >= 4 is 0 Å². The van der Waals surface area contributed by atoms with Crippen LogP contribution in [-0.4, -0.2) is 34.0 Å². The minimum Gasteiger partial charge on any atom is -0.480 e. The van der Waals surface area contributed by atoms with Gasteiger partial charge in [0, 0.05) is 12.6 Å². The molecule has 0 spiro atoms. The molecule has 19 heavy (non-hydrogen) atoms. The molecule has 0 aliphatic rings. The smallest absolute Gasteiger partial charge is 0.234 e. The largest absolute Gasteiger partial charge is 0.480 e. The van der Waals surface area contributed by atoms with Gasteiger partial charge in [-0.1, -0.05) is 12.1 Å². The fourth-order valence-electron chi connectivity index (χ4n) is 1.50. The van der Waals surface area contributed by atoms with Crippen molar-refractivity contribution in [2.45, 2.75) is 25.7 Å². The number of hydrogen-bond acceptors (Lipinski definition) is 7. The number of methoxy groups -OCH3 is 1. The Morgan fingerprint density at radius 3 is 2.68 bits per heavy atom. The Bertz CT molecular complexity index is 533. The molecule has 0 aliphatic carbocycles. The van der Waals surface area contributed by atoms with E-state index in [1.165, 1.54) is 7.11 Å². The first-order chi connectivity index (χ1) is 9.12. The summed E-state index contributed by atoms with van der Waals surface area (Å²) < 4.78 is 10.2. The second-order valence-electron chi connectivity index (χ2n) is 4.50. The zero-order valence-corrected chi connectivity index (χ0v) is 11.3. The zero-order chi connectivity index (χ0) is 13.9.